The highest BCUT2D eigenvalue weighted by Gasteiger charge is 2.11. The first kappa shape index (κ1) is 17.1. The molecule has 0 fully saturated rings. The van der Waals surface area contributed by atoms with Crippen LogP contribution in [-0.2, 0) is 6.54 Å². The van der Waals surface area contributed by atoms with E-state index in [0.717, 1.165) is 25.2 Å². The van der Waals surface area contributed by atoms with E-state index >= 15 is 0 Å². The van der Waals surface area contributed by atoms with Crippen LogP contribution in [0.2, 0.25) is 5.02 Å². The van der Waals surface area contributed by atoms with Crippen molar-refractivity contribution in [3.63, 3.8) is 0 Å². The fourth-order valence-electron chi connectivity index (χ4n) is 2.17. The van der Waals surface area contributed by atoms with Gasteiger partial charge in [0, 0.05) is 6.54 Å². The molecule has 1 N–H and O–H groups in total. The average Bonchev–Trinajstić information content (AvgIpc) is 2.45. The molecule has 1 rings (SSSR count). The molecule has 0 aliphatic heterocycles. The van der Waals surface area contributed by atoms with Crippen molar-refractivity contribution in [1.82, 2.24) is 4.90 Å². The number of benzene rings is 1. The number of nitrogens with zero attached hydrogens (tertiary/aromatic N) is 1. The number of phenolic OH excluding ortho intramolecular Hbond substituents is 1. The van der Waals surface area contributed by atoms with E-state index in [1.807, 2.05) is 12.1 Å². The molecule has 3 nitrogen and oxygen atoms in total. The Labute approximate surface area is 127 Å². The zero-order valence-corrected chi connectivity index (χ0v) is 13.5. The van der Waals surface area contributed by atoms with Crippen molar-refractivity contribution in [1.29, 1.82) is 0 Å². The van der Waals surface area contributed by atoms with Crippen LogP contribution in [-0.4, -0.2) is 30.2 Å². The Balaban J connectivity index is 2.78. The van der Waals surface area contributed by atoms with E-state index in [4.69, 9.17) is 16.3 Å². The highest BCUT2D eigenvalue weighted by atomic mass is 35.5. The fourth-order valence-corrected chi connectivity index (χ4v) is 2.40. The van der Waals surface area contributed by atoms with Crippen LogP contribution in [0.25, 0.3) is 0 Å². The zero-order valence-electron chi connectivity index (χ0n) is 12.8. The van der Waals surface area contributed by atoms with E-state index in [1.54, 1.807) is 7.11 Å². The second-order valence-corrected chi connectivity index (χ2v) is 5.52. The summed E-state index contributed by atoms with van der Waals surface area (Å²) in [5, 5.41) is 10.1. The van der Waals surface area contributed by atoms with Gasteiger partial charge in [-0.1, -0.05) is 38.3 Å². The average molecular weight is 300 g/mol. The van der Waals surface area contributed by atoms with Crippen LogP contribution in [0.4, 0.5) is 0 Å². The van der Waals surface area contributed by atoms with Crippen LogP contribution in [0.15, 0.2) is 12.1 Å². The number of phenols is 1. The molecule has 0 spiro atoms. The summed E-state index contributed by atoms with van der Waals surface area (Å²) in [4.78, 5) is 2.44. The summed E-state index contributed by atoms with van der Waals surface area (Å²) < 4.78 is 5.16. The van der Waals surface area contributed by atoms with Gasteiger partial charge in [0.25, 0.3) is 0 Å². The van der Waals surface area contributed by atoms with Crippen molar-refractivity contribution in [2.24, 2.45) is 0 Å². The number of unbranched alkanes of at least 4 members (excludes halogenated alkanes) is 2. The Kier molecular flexibility index (Phi) is 7.78. The lowest BCUT2D eigenvalue weighted by atomic mass is 10.1. The summed E-state index contributed by atoms with van der Waals surface area (Å²) in [5.41, 5.74) is 1.08. The Bertz CT molecular complexity index is 402. The predicted molar refractivity (Wildman–Crippen MR) is 84.8 cm³/mol. The van der Waals surface area contributed by atoms with E-state index in [1.165, 1.54) is 25.7 Å². The van der Waals surface area contributed by atoms with E-state index in [-0.39, 0.29) is 5.75 Å². The lowest BCUT2D eigenvalue weighted by molar-refractivity contribution is 0.256. The highest BCUT2D eigenvalue weighted by Crippen LogP contribution is 2.35. The Hall–Kier alpha value is -0.930. The molecular formula is C16H26ClNO2. The highest BCUT2D eigenvalue weighted by molar-refractivity contribution is 6.32. The first-order valence-electron chi connectivity index (χ1n) is 7.40. The number of hydrogen-bond acceptors (Lipinski definition) is 3. The Morgan fingerprint density at radius 3 is 2.25 bits per heavy atom. The molecule has 0 bridgehead atoms. The van der Waals surface area contributed by atoms with Crippen molar-refractivity contribution >= 4 is 11.6 Å². The minimum absolute atomic E-state index is 0.0200. The summed E-state index contributed by atoms with van der Waals surface area (Å²) in [6.07, 6.45) is 4.80. The molecule has 0 aliphatic rings. The maximum atomic E-state index is 9.77. The Morgan fingerprint density at radius 2 is 1.75 bits per heavy atom. The van der Waals surface area contributed by atoms with Crippen LogP contribution in [0.3, 0.4) is 0 Å². The summed E-state index contributed by atoms with van der Waals surface area (Å²) in [7, 11) is 1.54. The lowest BCUT2D eigenvalue weighted by Gasteiger charge is -2.22. The molecule has 0 amide bonds. The monoisotopic (exact) mass is 299 g/mol. The molecule has 0 radical (unpaired) electrons. The van der Waals surface area contributed by atoms with Gasteiger partial charge in [-0.2, -0.15) is 0 Å². The Morgan fingerprint density at radius 1 is 1.15 bits per heavy atom. The third-order valence-electron chi connectivity index (χ3n) is 3.37. The zero-order chi connectivity index (χ0) is 15.0. The van der Waals surface area contributed by atoms with Crippen molar-refractivity contribution < 1.29 is 9.84 Å². The van der Waals surface area contributed by atoms with Crippen molar-refractivity contribution in [3.8, 4) is 11.5 Å². The van der Waals surface area contributed by atoms with Gasteiger partial charge in [-0.25, -0.2) is 0 Å². The number of methoxy groups -OCH3 is 1. The summed E-state index contributed by atoms with van der Waals surface area (Å²) >= 11 is 6.04. The molecular weight excluding hydrogens is 274 g/mol. The number of ether oxygens (including phenoxy) is 1. The van der Waals surface area contributed by atoms with Gasteiger partial charge in [-0.15, -0.1) is 0 Å². The second-order valence-electron chi connectivity index (χ2n) is 5.11. The molecule has 0 aliphatic carbocycles. The molecule has 114 valence electrons. The molecule has 0 saturated carbocycles. The van der Waals surface area contributed by atoms with Crippen LogP contribution in [0.1, 0.15) is 45.1 Å². The first-order valence-corrected chi connectivity index (χ1v) is 7.77. The molecule has 4 heteroatoms. The van der Waals surface area contributed by atoms with Gasteiger partial charge in [0.2, 0.25) is 0 Å². The molecule has 0 aromatic heterocycles. The van der Waals surface area contributed by atoms with Gasteiger partial charge in [0.1, 0.15) is 0 Å². The predicted octanol–water partition coefficient (Wildman–Crippen LogP) is 4.46. The van der Waals surface area contributed by atoms with Gasteiger partial charge in [-0.05, 0) is 43.6 Å². The minimum atomic E-state index is 0.0200. The number of hydrogen-bond donors (Lipinski definition) is 1. The molecule has 0 saturated heterocycles. The normalized spacial score (nSPS) is 11.1. The lowest BCUT2D eigenvalue weighted by Crippen LogP contribution is -2.25. The van der Waals surface area contributed by atoms with E-state index in [9.17, 15) is 5.11 Å². The summed E-state index contributed by atoms with van der Waals surface area (Å²) in [6.45, 7) is 7.45. The molecule has 0 heterocycles. The van der Waals surface area contributed by atoms with Crippen LogP contribution in [0.5, 0.6) is 11.5 Å². The van der Waals surface area contributed by atoms with E-state index < -0.39 is 0 Å². The minimum Gasteiger partial charge on any atom is -0.503 e. The number of aromatic hydroxyl groups is 1. The van der Waals surface area contributed by atoms with Crippen molar-refractivity contribution in [2.45, 2.75) is 46.1 Å². The fraction of sp³-hybridized carbons (Fsp3) is 0.625. The standard InChI is InChI=1S/C16H26ClNO2/c1-4-6-8-18(9-7-5-2)12-13-10-14(17)16(19)15(11-13)20-3/h10-11,19H,4-9,12H2,1-3H3. The van der Waals surface area contributed by atoms with Crippen molar-refractivity contribution in [3.05, 3.63) is 22.7 Å². The van der Waals surface area contributed by atoms with Crippen LogP contribution < -0.4 is 4.74 Å². The van der Waals surface area contributed by atoms with Gasteiger partial charge < -0.3 is 9.84 Å². The smallest absolute Gasteiger partial charge is 0.176 e. The summed E-state index contributed by atoms with van der Waals surface area (Å²) in [5.74, 6) is 0.463. The van der Waals surface area contributed by atoms with Gasteiger partial charge in [0.05, 0.1) is 12.1 Å². The third kappa shape index (κ3) is 5.22. The second kappa shape index (κ2) is 9.09. The van der Waals surface area contributed by atoms with E-state index in [0.29, 0.717) is 10.8 Å². The molecule has 1 aromatic rings. The maximum Gasteiger partial charge on any atom is 0.176 e. The molecule has 0 atom stereocenters. The van der Waals surface area contributed by atoms with Gasteiger partial charge >= 0.3 is 0 Å². The third-order valence-corrected chi connectivity index (χ3v) is 3.66. The molecule has 20 heavy (non-hydrogen) atoms. The van der Waals surface area contributed by atoms with Crippen LogP contribution >= 0.6 is 11.6 Å². The van der Waals surface area contributed by atoms with E-state index in [2.05, 4.69) is 18.7 Å². The quantitative estimate of drug-likeness (QED) is 0.731. The number of rotatable bonds is 9. The topological polar surface area (TPSA) is 32.7 Å². The van der Waals surface area contributed by atoms with Gasteiger partial charge in [0.15, 0.2) is 11.5 Å². The molecule has 0 unspecified atom stereocenters. The largest absolute Gasteiger partial charge is 0.503 e. The van der Waals surface area contributed by atoms with Crippen molar-refractivity contribution in [2.75, 3.05) is 20.2 Å². The molecule has 1 aromatic carbocycles. The number of halogens is 1. The summed E-state index contributed by atoms with van der Waals surface area (Å²) in [6, 6.07) is 3.69. The maximum absolute atomic E-state index is 9.77. The van der Waals surface area contributed by atoms with Gasteiger partial charge in [-0.3, -0.25) is 4.90 Å². The first-order chi connectivity index (χ1) is 9.62. The van der Waals surface area contributed by atoms with Crippen LogP contribution in [0, 0.1) is 0 Å². The SMILES string of the molecule is CCCCN(CCCC)Cc1cc(Cl)c(O)c(OC)c1.